The molecule has 0 N–H and O–H groups in total. The highest BCUT2D eigenvalue weighted by Crippen LogP contribution is 2.24. The Morgan fingerprint density at radius 3 is 2.81 bits per heavy atom. The van der Waals surface area contributed by atoms with Crippen molar-refractivity contribution in [2.24, 2.45) is 0 Å². The second-order valence-electron chi connectivity index (χ2n) is 4.59. The van der Waals surface area contributed by atoms with Crippen LogP contribution in [-0.2, 0) is 6.54 Å². The van der Waals surface area contributed by atoms with Crippen LogP contribution in [0.25, 0.3) is 0 Å². The van der Waals surface area contributed by atoms with Crippen LogP contribution in [0, 0.1) is 35.3 Å². The predicted octanol–water partition coefficient (Wildman–Crippen LogP) is 1.69. The van der Waals surface area contributed by atoms with E-state index in [0.29, 0.717) is 16.8 Å². The molecule has 7 heteroatoms. The van der Waals surface area contributed by atoms with Gasteiger partial charge in [-0.15, -0.1) is 0 Å². The number of hydrogen-bond donors (Lipinski definition) is 0. The molecule has 0 atom stereocenters. The van der Waals surface area contributed by atoms with Crippen LogP contribution in [0.3, 0.4) is 0 Å². The number of hydrogen-bond acceptors (Lipinski definition) is 5. The van der Waals surface area contributed by atoms with Crippen molar-refractivity contribution in [1.29, 1.82) is 5.26 Å². The molecule has 0 saturated heterocycles. The molecule has 0 aliphatic carbocycles. The van der Waals surface area contributed by atoms with Gasteiger partial charge in [0.1, 0.15) is 11.6 Å². The Hall–Kier alpha value is -3.01. The quantitative estimate of drug-likeness (QED) is 0.630. The van der Waals surface area contributed by atoms with E-state index in [0.717, 1.165) is 0 Å². The lowest BCUT2D eigenvalue weighted by atomic mass is 10.1. The molecule has 2 rings (SSSR count). The monoisotopic (exact) mass is 284 g/mol. The van der Waals surface area contributed by atoms with Gasteiger partial charge in [0.15, 0.2) is 0 Å². The lowest BCUT2D eigenvalue weighted by molar-refractivity contribution is -0.386. The van der Waals surface area contributed by atoms with Gasteiger partial charge in [-0.2, -0.15) is 5.26 Å². The first-order valence-corrected chi connectivity index (χ1v) is 6.14. The van der Waals surface area contributed by atoms with Crippen LogP contribution in [0.1, 0.15) is 22.4 Å². The Kier molecular flexibility index (Phi) is 3.80. The van der Waals surface area contributed by atoms with E-state index in [1.165, 1.54) is 23.0 Å². The average molecular weight is 284 g/mol. The zero-order valence-corrected chi connectivity index (χ0v) is 11.5. The molecule has 0 spiro atoms. The number of aromatic nitrogens is 2. The Balaban J connectivity index is 2.52. The lowest BCUT2D eigenvalue weighted by Crippen LogP contribution is -2.23. The minimum absolute atomic E-state index is 0.00415. The van der Waals surface area contributed by atoms with E-state index in [9.17, 15) is 14.9 Å². The molecule has 0 bridgehead atoms. The van der Waals surface area contributed by atoms with Crippen LogP contribution in [-0.4, -0.2) is 14.5 Å². The summed E-state index contributed by atoms with van der Waals surface area (Å²) in [6.45, 7) is 3.30. The molecule has 21 heavy (non-hydrogen) atoms. The highest BCUT2D eigenvalue weighted by molar-refractivity contribution is 5.47. The molecule has 2 aromatic heterocycles. The molecule has 7 nitrogen and oxygen atoms in total. The summed E-state index contributed by atoms with van der Waals surface area (Å²) in [6.07, 6.45) is 2.94. The van der Waals surface area contributed by atoms with Crippen molar-refractivity contribution in [3.05, 3.63) is 67.4 Å². The van der Waals surface area contributed by atoms with Crippen LogP contribution in [0.15, 0.2) is 29.3 Å². The minimum atomic E-state index is -0.454. The Labute approximate surface area is 120 Å². The molecule has 106 valence electrons. The van der Waals surface area contributed by atoms with Gasteiger partial charge in [0.2, 0.25) is 0 Å². The first-order valence-electron chi connectivity index (χ1n) is 6.14. The van der Waals surface area contributed by atoms with Crippen molar-refractivity contribution in [2.45, 2.75) is 20.4 Å². The molecular formula is C14H12N4O3. The number of nitriles is 1. The van der Waals surface area contributed by atoms with E-state index in [1.807, 2.05) is 6.07 Å². The molecular weight excluding hydrogens is 272 g/mol. The van der Waals surface area contributed by atoms with Crippen LogP contribution in [0.5, 0.6) is 0 Å². The third-order valence-corrected chi connectivity index (χ3v) is 3.22. The second kappa shape index (κ2) is 5.54. The van der Waals surface area contributed by atoms with Crippen LogP contribution < -0.4 is 5.56 Å². The molecule has 0 radical (unpaired) electrons. The van der Waals surface area contributed by atoms with Gasteiger partial charge in [0, 0.05) is 18.0 Å². The molecule has 0 unspecified atom stereocenters. The topological polar surface area (TPSA) is 102 Å². The fourth-order valence-corrected chi connectivity index (χ4v) is 2.11. The highest BCUT2D eigenvalue weighted by Gasteiger charge is 2.19. The van der Waals surface area contributed by atoms with E-state index in [-0.39, 0.29) is 17.8 Å². The predicted molar refractivity (Wildman–Crippen MR) is 74.9 cm³/mol. The number of nitrogens with zero attached hydrogens (tertiary/aromatic N) is 4. The minimum Gasteiger partial charge on any atom is -0.308 e. The molecule has 2 heterocycles. The summed E-state index contributed by atoms with van der Waals surface area (Å²) in [5, 5.41) is 19.9. The van der Waals surface area contributed by atoms with E-state index >= 15 is 0 Å². The second-order valence-corrected chi connectivity index (χ2v) is 4.59. The molecule has 2 aromatic rings. The number of pyridine rings is 2. The van der Waals surface area contributed by atoms with E-state index in [1.54, 1.807) is 19.9 Å². The van der Waals surface area contributed by atoms with E-state index < -0.39 is 10.5 Å². The molecule has 0 aliphatic heterocycles. The Bertz CT molecular complexity index is 818. The summed E-state index contributed by atoms with van der Waals surface area (Å²) in [7, 11) is 0. The molecule has 0 aliphatic rings. The van der Waals surface area contributed by atoms with Gasteiger partial charge >= 0.3 is 0 Å². The lowest BCUT2D eigenvalue weighted by Gasteiger charge is -2.09. The standard InChI is InChI=1S/C14H12N4O3/c1-9-7-16-12(10(2)13(9)18(20)21)8-17-5-3-4-11(6-15)14(17)19/h3-5,7H,8H2,1-2H3. The zero-order chi connectivity index (χ0) is 15.6. The molecule has 0 aromatic carbocycles. The van der Waals surface area contributed by atoms with Crippen molar-refractivity contribution in [3.8, 4) is 6.07 Å². The summed E-state index contributed by atoms with van der Waals surface area (Å²) in [6, 6.07) is 4.82. The molecule has 0 amide bonds. The van der Waals surface area contributed by atoms with E-state index in [2.05, 4.69) is 4.98 Å². The van der Waals surface area contributed by atoms with Crippen molar-refractivity contribution in [2.75, 3.05) is 0 Å². The summed E-state index contributed by atoms with van der Waals surface area (Å²) < 4.78 is 1.31. The third kappa shape index (κ3) is 2.65. The summed E-state index contributed by atoms with van der Waals surface area (Å²) >= 11 is 0. The normalized spacial score (nSPS) is 10.1. The third-order valence-electron chi connectivity index (χ3n) is 3.22. The number of nitro groups is 1. The van der Waals surface area contributed by atoms with Crippen LogP contribution in [0.2, 0.25) is 0 Å². The van der Waals surface area contributed by atoms with Crippen LogP contribution in [0.4, 0.5) is 5.69 Å². The summed E-state index contributed by atoms with van der Waals surface area (Å²) in [5.41, 5.74) is 0.920. The number of rotatable bonds is 3. The first-order chi connectivity index (χ1) is 9.95. The van der Waals surface area contributed by atoms with Gasteiger partial charge in [0.05, 0.1) is 22.7 Å². The van der Waals surface area contributed by atoms with Gasteiger partial charge < -0.3 is 4.57 Å². The van der Waals surface area contributed by atoms with Crippen molar-refractivity contribution < 1.29 is 4.92 Å². The maximum Gasteiger partial charge on any atom is 0.278 e. The van der Waals surface area contributed by atoms with Gasteiger partial charge in [-0.05, 0) is 26.0 Å². The van der Waals surface area contributed by atoms with Gasteiger partial charge in [-0.1, -0.05) is 0 Å². The summed E-state index contributed by atoms with van der Waals surface area (Å²) in [4.78, 5) is 26.8. The smallest absolute Gasteiger partial charge is 0.278 e. The van der Waals surface area contributed by atoms with Gasteiger partial charge in [0.25, 0.3) is 11.2 Å². The van der Waals surface area contributed by atoms with Crippen molar-refractivity contribution in [1.82, 2.24) is 9.55 Å². The first kappa shape index (κ1) is 14.4. The molecule has 0 fully saturated rings. The van der Waals surface area contributed by atoms with Crippen LogP contribution >= 0.6 is 0 Å². The largest absolute Gasteiger partial charge is 0.308 e. The zero-order valence-electron chi connectivity index (χ0n) is 11.5. The SMILES string of the molecule is Cc1cnc(Cn2cccc(C#N)c2=O)c(C)c1[N+](=O)[O-]. The van der Waals surface area contributed by atoms with E-state index in [4.69, 9.17) is 5.26 Å². The Morgan fingerprint density at radius 1 is 1.48 bits per heavy atom. The Morgan fingerprint density at radius 2 is 2.19 bits per heavy atom. The van der Waals surface area contributed by atoms with Crippen molar-refractivity contribution in [3.63, 3.8) is 0 Å². The fourth-order valence-electron chi connectivity index (χ4n) is 2.11. The average Bonchev–Trinajstić information content (AvgIpc) is 2.43. The molecule has 0 saturated carbocycles. The van der Waals surface area contributed by atoms with Crippen molar-refractivity contribution >= 4 is 5.69 Å². The number of aryl methyl sites for hydroxylation is 1. The highest BCUT2D eigenvalue weighted by atomic mass is 16.6. The van der Waals surface area contributed by atoms with Gasteiger partial charge in [-0.3, -0.25) is 19.9 Å². The van der Waals surface area contributed by atoms with Gasteiger partial charge in [-0.25, -0.2) is 0 Å². The maximum atomic E-state index is 12.0. The fraction of sp³-hybridized carbons (Fsp3) is 0.214. The maximum absolute atomic E-state index is 12.0. The summed E-state index contributed by atoms with van der Waals surface area (Å²) in [5.74, 6) is 0.